The summed E-state index contributed by atoms with van der Waals surface area (Å²) >= 11 is 16.2. The van der Waals surface area contributed by atoms with Gasteiger partial charge in [-0.25, -0.2) is 8.60 Å². The number of nitrogens with zero attached hydrogens (tertiary/aromatic N) is 1. The molecule has 5 nitrogen and oxygen atoms in total. The van der Waals surface area contributed by atoms with Crippen LogP contribution in [0.5, 0.6) is 0 Å². The molecule has 0 aromatic heterocycles. The molecule has 0 aliphatic carbocycles. The average Bonchev–Trinajstić information content (AvgIpc) is 2.95. The molecule has 45 heavy (non-hydrogen) atoms. The van der Waals surface area contributed by atoms with Crippen molar-refractivity contribution >= 4 is 60.6 Å². The van der Waals surface area contributed by atoms with Crippen LogP contribution < -0.4 is 0 Å². The van der Waals surface area contributed by atoms with Gasteiger partial charge in [-0.2, -0.15) is 0 Å². The van der Waals surface area contributed by atoms with Gasteiger partial charge < -0.3 is 4.90 Å². The molecule has 0 radical (unpaired) electrons. The lowest BCUT2D eigenvalue weighted by Crippen LogP contribution is -2.59. The largest absolute Gasteiger partial charge is 0.330 e. The number of likely N-dealkylation sites (tertiary alicyclic amines) is 1. The van der Waals surface area contributed by atoms with Crippen LogP contribution in [0.25, 0.3) is 0 Å². The fourth-order valence-electron chi connectivity index (χ4n) is 6.33. The van der Waals surface area contributed by atoms with E-state index in [-0.39, 0.29) is 42.1 Å². The number of carbonyl (C=O) groups excluding carboxylic acids is 2. The van der Waals surface area contributed by atoms with E-state index in [2.05, 4.69) is 15.9 Å². The molecule has 1 aliphatic heterocycles. The Bertz CT molecular complexity index is 1670. The van der Waals surface area contributed by atoms with Crippen molar-refractivity contribution in [3.63, 3.8) is 0 Å². The third-order valence-electron chi connectivity index (χ3n) is 8.89. The van der Waals surface area contributed by atoms with E-state index in [0.717, 1.165) is 11.1 Å². The quantitative estimate of drug-likeness (QED) is 0.213. The van der Waals surface area contributed by atoms with Gasteiger partial charge in [-0.05, 0) is 65.4 Å². The van der Waals surface area contributed by atoms with Gasteiger partial charge in [-0.15, -0.1) is 0 Å². The number of amides is 1. The first-order valence-electron chi connectivity index (χ1n) is 15.1. The molecule has 242 valence electrons. The number of hydrogen-bond donors (Lipinski definition) is 1. The summed E-state index contributed by atoms with van der Waals surface area (Å²) in [6, 6.07) is 18.1. The summed E-state index contributed by atoms with van der Waals surface area (Å²) in [7, 11) is -3.06. The van der Waals surface area contributed by atoms with Crippen molar-refractivity contribution in [2.45, 2.75) is 77.1 Å². The first-order chi connectivity index (χ1) is 21.0. The fourth-order valence-corrected chi connectivity index (χ4v) is 8.58. The maximum absolute atomic E-state index is 15.0. The molecule has 4 rings (SSSR count). The number of carbonyl (C=O) groups is 2. The minimum atomic E-state index is -3.06. The van der Waals surface area contributed by atoms with E-state index in [1.54, 1.807) is 38.1 Å². The van der Waals surface area contributed by atoms with Gasteiger partial charge in [0.2, 0.25) is 5.91 Å². The van der Waals surface area contributed by atoms with Gasteiger partial charge in [-0.1, -0.05) is 104 Å². The zero-order chi connectivity index (χ0) is 33.3. The Hall–Kier alpha value is -2.26. The van der Waals surface area contributed by atoms with E-state index in [9.17, 15) is 18.2 Å². The molecule has 1 unspecified atom stereocenters. The predicted molar refractivity (Wildman–Crippen MR) is 185 cm³/mol. The molecule has 3 aromatic carbocycles. The minimum absolute atomic E-state index is 0.00693. The van der Waals surface area contributed by atoms with Crippen LogP contribution in [0.2, 0.25) is 10.0 Å². The van der Waals surface area contributed by atoms with Crippen molar-refractivity contribution in [1.29, 1.82) is 4.78 Å². The number of benzene rings is 3. The van der Waals surface area contributed by atoms with Crippen LogP contribution in [0, 0.1) is 21.9 Å². The van der Waals surface area contributed by atoms with Crippen molar-refractivity contribution < 1.29 is 18.2 Å². The minimum Gasteiger partial charge on any atom is -0.330 e. The van der Waals surface area contributed by atoms with E-state index in [4.69, 9.17) is 28.0 Å². The number of ketones is 1. The maximum Gasteiger partial charge on any atom is 0.229 e. The normalized spacial score (nSPS) is 22.5. The van der Waals surface area contributed by atoms with E-state index in [1.807, 2.05) is 56.0 Å². The van der Waals surface area contributed by atoms with Crippen molar-refractivity contribution in [2.24, 2.45) is 11.3 Å². The molecular weight excluding hydrogens is 698 g/mol. The zero-order valence-corrected chi connectivity index (χ0v) is 30.1. The second-order valence-corrected chi connectivity index (χ2v) is 17.5. The molecular formula is C35H40BrCl2FN2O3S. The fraction of sp³-hybridized carbons (Fsp3) is 0.429. The van der Waals surface area contributed by atoms with Crippen LogP contribution in [-0.2, 0) is 25.7 Å². The second kappa shape index (κ2) is 14.2. The standard InChI is InChI=1S/C35H40BrCl2FN2O3S/c1-21(2)32(20-45(40,44)22(3)4)41-33(23-9-12-26(37)13-10-23)30(24-7-6-8-27(38)15-24)19-35(5,34(41)43)18-29(42)16-25-11-14-28(39)17-31(25)36/h6-15,17,21-22,30,32-33,40H,16,18-20H2,1-5H3/t30-,32-,33-,35+,45?/m1/s1. The molecule has 1 heterocycles. The smallest absolute Gasteiger partial charge is 0.229 e. The molecule has 1 amide bonds. The van der Waals surface area contributed by atoms with E-state index >= 15 is 0 Å². The zero-order valence-electron chi connectivity index (χ0n) is 26.2. The summed E-state index contributed by atoms with van der Waals surface area (Å²) < 4.78 is 36.6. The summed E-state index contributed by atoms with van der Waals surface area (Å²) in [5.74, 6) is -1.19. The molecule has 0 saturated carbocycles. The molecule has 3 aromatic rings. The van der Waals surface area contributed by atoms with Crippen LogP contribution >= 0.6 is 39.1 Å². The van der Waals surface area contributed by atoms with Crippen LogP contribution in [0.4, 0.5) is 4.39 Å². The van der Waals surface area contributed by atoms with Gasteiger partial charge in [0.1, 0.15) is 11.6 Å². The van der Waals surface area contributed by atoms with E-state index in [1.165, 1.54) is 12.1 Å². The lowest BCUT2D eigenvalue weighted by Gasteiger charge is -2.53. The molecule has 5 atom stereocenters. The van der Waals surface area contributed by atoms with Crippen molar-refractivity contribution in [2.75, 3.05) is 5.75 Å². The Balaban J connectivity index is 1.88. The summed E-state index contributed by atoms with van der Waals surface area (Å²) in [5.41, 5.74) is 1.29. The molecule has 0 spiro atoms. The Kier molecular flexibility index (Phi) is 11.3. The van der Waals surface area contributed by atoms with Gasteiger partial charge in [0.15, 0.2) is 0 Å². The summed E-state index contributed by atoms with van der Waals surface area (Å²) in [6.45, 7) is 9.32. The summed E-state index contributed by atoms with van der Waals surface area (Å²) in [6.07, 6.45) is 0.354. The highest BCUT2D eigenvalue weighted by atomic mass is 79.9. The third-order valence-corrected chi connectivity index (χ3v) is 12.5. The molecule has 0 bridgehead atoms. The first-order valence-corrected chi connectivity index (χ1v) is 18.4. The lowest BCUT2D eigenvalue weighted by atomic mass is 9.66. The van der Waals surface area contributed by atoms with Gasteiger partial charge in [0, 0.05) is 54.3 Å². The summed E-state index contributed by atoms with van der Waals surface area (Å²) in [4.78, 5) is 30.5. The Morgan fingerprint density at radius 2 is 1.71 bits per heavy atom. The monoisotopic (exact) mass is 736 g/mol. The van der Waals surface area contributed by atoms with Crippen molar-refractivity contribution in [3.8, 4) is 0 Å². The Labute approximate surface area is 285 Å². The van der Waals surface area contributed by atoms with Crippen LogP contribution in [0.1, 0.15) is 76.1 Å². The molecule has 1 fully saturated rings. The number of hydrogen-bond acceptors (Lipinski definition) is 4. The van der Waals surface area contributed by atoms with Gasteiger partial charge in [0.25, 0.3) is 0 Å². The van der Waals surface area contributed by atoms with Crippen LogP contribution in [-0.4, -0.2) is 37.8 Å². The Morgan fingerprint density at radius 3 is 2.29 bits per heavy atom. The second-order valence-electron chi connectivity index (χ2n) is 13.0. The van der Waals surface area contributed by atoms with Crippen LogP contribution in [0.15, 0.2) is 71.2 Å². The van der Waals surface area contributed by atoms with E-state index < -0.39 is 38.3 Å². The topological polar surface area (TPSA) is 78.3 Å². The molecule has 1 aliphatic rings. The summed E-state index contributed by atoms with van der Waals surface area (Å²) in [5, 5.41) is 0.709. The third kappa shape index (κ3) is 8.19. The van der Waals surface area contributed by atoms with Crippen molar-refractivity contribution in [1.82, 2.24) is 4.90 Å². The lowest BCUT2D eigenvalue weighted by molar-refractivity contribution is -0.157. The van der Waals surface area contributed by atoms with Crippen molar-refractivity contribution in [3.05, 3.63) is 104 Å². The molecule has 1 saturated heterocycles. The maximum atomic E-state index is 15.0. The van der Waals surface area contributed by atoms with Gasteiger partial charge in [0.05, 0.1) is 17.2 Å². The number of halogens is 4. The number of Topliss-reactive ketones (excluding diaryl/α,β-unsaturated/α-hetero) is 1. The van der Waals surface area contributed by atoms with Gasteiger partial charge in [-0.3, -0.25) is 14.4 Å². The average molecular weight is 739 g/mol. The highest BCUT2D eigenvalue weighted by molar-refractivity contribution is 9.10. The molecule has 1 N–H and O–H groups in total. The van der Waals surface area contributed by atoms with Crippen LogP contribution in [0.3, 0.4) is 0 Å². The highest BCUT2D eigenvalue weighted by Gasteiger charge is 2.53. The highest BCUT2D eigenvalue weighted by Crippen LogP contribution is 2.53. The first kappa shape index (κ1) is 35.6. The van der Waals surface area contributed by atoms with Gasteiger partial charge >= 0.3 is 0 Å². The number of nitrogens with one attached hydrogen (secondary N) is 1. The Morgan fingerprint density at radius 1 is 1.04 bits per heavy atom. The molecule has 10 heteroatoms. The predicted octanol–water partition coefficient (Wildman–Crippen LogP) is 9.64. The SMILES string of the molecule is CC(C)[C@@H](CS(=N)(=O)C(C)C)N1C(=O)[C@@](C)(CC(=O)Cc2ccc(F)cc2Br)C[C@H](c2cccc(Cl)c2)[C@H]1c1ccc(Cl)cc1. The number of piperidine rings is 1. The van der Waals surface area contributed by atoms with E-state index in [0.29, 0.717) is 26.5 Å². The number of rotatable bonds is 11.